The zero-order valence-electron chi connectivity index (χ0n) is 15.8. The minimum Gasteiger partial charge on any atom is -0.484 e. The third-order valence-corrected chi connectivity index (χ3v) is 4.40. The van der Waals surface area contributed by atoms with Crippen molar-refractivity contribution in [3.8, 4) is 5.75 Å². The number of likely N-dealkylation sites (N-methyl/N-ethyl adjacent to an activating group) is 1. The van der Waals surface area contributed by atoms with E-state index in [1.807, 2.05) is 62.4 Å². The van der Waals surface area contributed by atoms with Crippen molar-refractivity contribution in [2.75, 3.05) is 13.7 Å². The van der Waals surface area contributed by atoms with Crippen LogP contribution in [-0.2, 0) is 16.1 Å². The number of nitrogens with zero attached hydrogens (tertiary/aromatic N) is 1. The fraction of sp³-hybridized carbons (Fsp3) is 0.333. The van der Waals surface area contributed by atoms with E-state index in [0.717, 1.165) is 16.7 Å². The van der Waals surface area contributed by atoms with Crippen LogP contribution in [-0.4, -0.2) is 36.4 Å². The number of nitrogens with one attached hydrogen (secondary N) is 1. The molecule has 0 aliphatic carbocycles. The van der Waals surface area contributed by atoms with Gasteiger partial charge >= 0.3 is 0 Å². The highest BCUT2D eigenvalue weighted by Crippen LogP contribution is 2.15. The average Bonchev–Trinajstić information content (AvgIpc) is 2.65. The van der Waals surface area contributed by atoms with Gasteiger partial charge in [0.05, 0.1) is 0 Å². The normalized spacial score (nSPS) is 11.5. The molecule has 2 aromatic rings. The van der Waals surface area contributed by atoms with Gasteiger partial charge in [-0.05, 0) is 44.0 Å². The molecule has 2 amide bonds. The first kappa shape index (κ1) is 19.5. The molecule has 0 fully saturated rings. The first-order valence-corrected chi connectivity index (χ1v) is 8.67. The molecule has 0 unspecified atom stereocenters. The summed E-state index contributed by atoms with van der Waals surface area (Å²) in [5.41, 5.74) is 3.21. The molecule has 1 N–H and O–H groups in total. The monoisotopic (exact) mass is 354 g/mol. The van der Waals surface area contributed by atoms with E-state index in [-0.39, 0.29) is 18.4 Å². The third-order valence-electron chi connectivity index (χ3n) is 4.40. The second kappa shape index (κ2) is 9.04. The quantitative estimate of drug-likeness (QED) is 0.832. The molecule has 0 aromatic heterocycles. The Labute approximate surface area is 155 Å². The topological polar surface area (TPSA) is 58.6 Å². The van der Waals surface area contributed by atoms with Crippen LogP contribution in [0.2, 0.25) is 0 Å². The molecule has 0 heterocycles. The van der Waals surface area contributed by atoms with Crippen LogP contribution < -0.4 is 10.1 Å². The number of aryl methyl sites for hydroxylation is 2. The van der Waals surface area contributed by atoms with Crippen molar-refractivity contribution in [2.45, 2.75) is 33.4 Å². The van der Waals surface area contributed by atoms with Crippen molar-refractivity contribution in [1.82, 2.24) is 10.2 Å². The first-order valence-electron chi connectivity index (χ1n) is 8.67. The van der Waals surface area contributed by atoms with Crippen molar-refractivity contribution in [3.63, 3.8) is 0 Å². The Kier molecular flexibility index (Phi) is 6.78. The molecule has 0 aliphatic heterocycles. The fourth-order valence-electron chi connectivity index (χ4n) is 2.63. The molecule has 2 aromatic carbocycles. The summed E-state index contributed by atoms with van der Waals surface area (Å²) in [4.78, 5) is 26.4. The van der Waals surface area contributed by atoms with Gasteiger partial charge in [0.1, 0.15) is 11.8 Å². The summed E-state index contributed by atoms with van der Waals surface area (Å²) in [6.07, 6.45) is 0. The van der Waals surface area contributed by atoms with Crippen LogP contribution >= 0.6 is 0 Å². The lowest BCUT2D eigenvalue weighted by atomic mass is 10.1. The molecular weight excluding hydrogens is 328 g/mol. The van der Waals surface area contributed by atoms with Crippen LogP contribution in [0.5, 0.6) is 5.75 Å². The van der Waals surface area contributed by atoms with E-state index >= 15 is 0 Å². The van der Waals surface area contributed by atoms with Crippen molar-refractivity contribution in [3.05, 3.63) is 65.2 Å². The van der Waals surface area contributed by atoms with E-state index in [1.165, 1.54) is 0 Å². The number of amides is 2. The molecule has 1 atom stereocenters. The zero-order chi connectivity index (χ0) is 19.1. The van der Waals surface area contributed by atoms with Crippen LogP contribution in [0.25, 0.3) is 0 Å². The van der Waals surface area contributed by atoms with Gasteiger partial charge in [0, 0.05) is 13.6 Å². The van der Waals surface area contributed by atoms with Gasteiger partial charge in [-0.15, -0.1) is 0 Å². The second-order valence-corrected chi connectivity index (χ2v) is 6.34. The molecule has 26 heavy (non-hydrogen) atoms. The molecule has 0 saturated heterocycles. The van der Waals surface area contributed by atoms with Crippen molar-refractivity contribution < 1.29 is 14.3 Å². The number of hydrogen-bond donors (Lipinski definition) is 1. The van der Waals surface area contributed by atoms with E-state index in [4.69, 9.17) is 4.74 Å². The molecule has 2 rings (SSSR count). The number of carbonyl (C=O) groups is 2. The summed E-state index contributed by atoms with van der Waals surface area (Å²) >= 11 is 0. The average molecular weight is 354 g/mol. The van der Waals surface area contributed by atoms with Gasteiger partial charge in [-0.3, -0.25) is 9.59 Å². The summed E-state index contributed by atoms with van der Waals surface area (Å²) in [6, 6.07) is 14.8. The Morgan fingerprint density at radius 3 is 2.35 bits per heavy atom. The van der Waals surface area contributed by atoms with Gasteiger partial charge in [-0.25, -0.2) is 0 Å². The Bertz CT molecular complexity index is 756. The SMILES string of the molecule is CNC(=O)[C@@H](C)N(Cc1ccccc1C)C(=O)COc1ccc(C)cc1. The lowest BCUT2D eigenvalue weighted by Gasteiger charge is -2.28. The maximum atomic E-state index is 12.8. The predicted molar refractivity (Wildman–Crippen MR) is 102 cm³/mol. The molecular formula is C21H26N2O3. The van der Waals surface area contributed by atoms with Gasteiger partial charge < -0.3 is 15.0 Å². The minimum absolute atomic E-state index is 0.115. The Balaban J connectivity index is 2.13. The molecule has 0 saturated carbocycles. The molecule has 0 bridgehead atoms. The summed E-state index contributed by atoms with van der Waals surface area (Å²) in [5, 5.41) is 2.61. The van der Waals surface area contributed by atoms with E-state index in [0.29, 0.717) is 12.3 Å². The Morgan fingerprint density at radius 1 is 1.08 bits per heavy atom. The number of hydrogen-bond acceptors (Lipinski definition) is 3. The van der Waals surface area contributed by atoms with Crippen molar-refractivity contribution in [1.29, 1.82) is 0 Å². The van der Waals surface area contributed by atoms with Crippen molar-refractivity contribution >= 4 is 11.8 Å². The number of carbonyl (C=O) groups excluding carboxylic acids is 2. The lowest BCUT2D eigenvalue weighted by molar-refractivity contribution is -0.142. The lowest BCUT2D eigenvalue weighted by Crippen LogP contribution is -2.48. The summed E-state index contributed by atoms with van der Waals surface area (Å²) in [5.74, 6) is 0.194. The second-order valence-electron chi connectivity index (χ2n) is 6.34. The molecule has 138 valence electrons. The van der Waals surface area contributed by atoms with Gasteiger partial charge in [-0.1, -0.05) is 42.0 Å². The number of ether oxygens (including phenoxy) is 1. The molecule has 0 spiro atoms. The Morgan fingerprint density at radius 2 is 1.73 bits per heavy atom. The highest BCUT2D eigenvalue weighted by Gasteiger charge is 2.26. The maximum absolute atomic E-state index is 12.8. The van der Waals surface area contributed by atoms with Crippen molar-refractivity contribution in [2.24, 2.45) is 0 Å². The van der Waals surface area contributed by atoms with Crippen LogP contribution in [0, 0.1) is 13.8 Å². The van der Waals surface area contributed by atoms with Crippen LogP contribution in [0.1, 0.15) is 23.6 Å². The summed E-state index contributed by atoms with van der Waals surface area (Å²) < 4.78 is 5.61. The predicted octanol–water partition coefficient (Wildman–Crippen LogP) is 2.85. The van der Waals surface area contributed by atoms with Crippen LogP contribution in [0.3, 0.4) is 0 Å². The highest BCUT2D eigenvalue weighted by molar-refractivity contribution is 5.87. The highest BCUT2D eigenvalue weighted by atomic mass is 16.5. The van der Waals surface area contributed by atoms with Gasteiger partial charge in [0.15, 0.2) is 6.61 Å². The van der Waals surface area contributed by atoms with E-state index in [1.54, 1.807) is 18.9 Å². The largest absolute Gasteiger partial charge is 0.484 e. The van der Waals surface area contributed by atoms with Gasteiger partial charge in [0.2, 0.25) is 5.91 Å². The Hall–Kier alpha value is -2.82. The van der Waals surface area contributed by atoms with E-state index in [2.05, 4.69) is 5.32 Å². The molecule has 0 aliphatic rings. The van der Waals surface area contributed by atoms with E-state index < -0.39 is 6.04 Å². The zero-order valence-corrected chi connectivity index (χ0v) is 15.8. The minimum atomic E-state index is -0.589. The molecule has 0 radical (unpaired) electrons. The third kappa shape index (κ3) is 5.09. The first-order chi connectivity index (χ1) is 12.4. The summed E-state index contributed by atoms with van der Waals surface area (Å²) in [6.45, 7) is 5.95. The number of rotatable bonds is 7. The van der Waals surface area contributed by atoms with Crippen LogP contribution in [0.15, 0.2) is 48.5 Å². The fourth-order valence-corrected chi connectivity index (χ4v) is 2.63. The summed E-state index contributed by atoms with van der Waals surface area (Å²) in [7, 11) is 1.57. The van der Waals surface area contributed by atoms with Crippen LogP contribution in [0.4, 0.5) is 0 Å². The smallest absolute Gasteiger partial charge is 0.261 e. The van der Waals surface area contributed by atoms with E-state index in [9.17, 15) is 9.59 Å². The molecule has 5 heteroatoms. The standard InChI is InChI=1S/C21H26N2O3/c1-15-9-11-19(12-10-15)26-14-20(24)23(17(3)21(25)22-4)13-18-8-6-5-7-16(18)2/h5-12,17H,13-14H2,1-4H3,(H,22,25)/t17-/m1/s1. The van der Waals surface area contributed by atoms with Gasteiger partial charge in [-0.2, -0.15) is 0 Å². The van der Waals surface area contributed by atoms with Gasteiger partial charge in [0.25, 0.3) is 5.91 Å². The molecule has 5 nitrogen and oxygen atoms in total. The number of benzene rings is 2. The maximum Gasteiger partial charge on any atom is 0.261 e.